The van der Waals surface area contributed by atoms with Crippen molar-refractivity contribution in [2.45, 2.75) is 39.3 Å². The highest BCUT2D eigenvalue weighted by atomic mass is 32.1. The van der Waals surface area contributed by atoms with Crippen LogP contribution in [0.4, 0.5) is 5.69 Å². The van der Waals surface area contributed by atoms with Gasteiger partial charge in [-0.3, -0.25) is 14.8 Å². The summed E-state index contributed by atoms with van der Waals surface area (Å²) in [5.41, 5.74) is 7.18. The average molecular weight is 511 g/mol. The van der Waals surface area contributed by atoms with Crippen LogP contribution in [-0.4, -0.2) is 37.0 Å². The van der Waals surface area contributed by atoms with Gasteiger partial charge in [-0.15, -0.1) is 0 Å². The van der Waals surface area contributed by atoms with Gasteiger partial charge in [0.15, 0.2) is 5.11 Å². The van der Waals surface area contributed by atoms with Gasteiger partial charge in [-0.2, -0.15) is 0 Å². The van der Waals surface area contributed by atoms with E-state index in [4.69, 9.17) is 12.2 Å². The van der Waals surface area contributed by atoms with E-state index in [1.165, 1.54) is 0 Å². The summed E-state index contributed by atoms with van der Waals surface area (Å²) < 4.78 is 2.21. The number of carbonyl (C=O) groups excluding carboxylic acids is 1. The Bertz CT molecular complexity index is 1420. The Labute approximate surface area is 222 Å². The molecule has 0 saturated carbocycles. The van der Waals surface area contributed by atoms with E-state index in [1.807, 2.05) is 61.7 Å². The fourth-order valence-corrected chi connectivity index (χ4v) is 5.46. The van der Waals surface area contributed by atoms with Crippen molar-refractivity contribution < 1.29 is 4.79 Å². The maximum atomic E-state index is 12.9. The quantitative estimate of drug-likeness (QED) is 0.333. The average Bonchev–Trinajstić information content (AvgIpc) is 3.38. The van der Waals surface area contributed by atoms with E-state index in [-0.39, 0.29) is 18.0 Å². The molecule has 37 heavy (non-hydrogen) atoms. The van der Waals surface area contributed by atoms with Crippen molar-refractivity contribution >= 4 is 28.9 Å². The Morgan fingerprint density at radius 2 is 1.92 bits per heavy atom. The molecule has 2 N–H and O–H groups in total. The number of benzene rings is 1. The minimum atomic E-state index is -0.142. The molecule has 8 heteroatoms. The molecule has 5 rings (SSSR count). The molecule has 1 saturated heterocycles. The van der Waals surface area contributed by atoms with E-state index in [9.17, 15) is 4.79 Å². The van der Waals surface area contributed by atoms with Gasteiger partial charge in [-0.05, 0) is 86.6 Å². The Hall–Kier alpha value is -4.04. The lowest BCUT2D eigenvalue weighted by molar-refractivity contribution is -0.116. The molecule has 1 aliphatic rings. The first kappa shape index (κ1) is 24.6. The number of thiocarbonyl (C=S) groups is 1. The Morgan fingerprint density at radius 3 is 2.65 bits per heavy atom. The van der Waals surface area contributed by atoms with Crippen molar-refractivity contribution in [2.75, 3.05) is 11.9 Å². The lowest BCUT2D eigenvalue weighted by Crippen LogP contribution is -2.32. The van der Waals surface area contributed by atoms with Gasteiger partial charge in [0.25, 0.3) is 0 Å². The first-order valence-electron chi connectivity index (χ1n) is 12.4. The summed E-state index contributed by atoms with van der Waals surface area (Å²) in [7, 11) is 0. The molecule has 0 spiro atoms. The molecule has 7 nitrogen and oxygen atoms in total. The number of aryl methyl sites for hydroxylation is 2. The predicted octanol–water partition coefficient (Wildman–Crippen LogP) is 5.19. The predicted molar refractivity (Wildman–Crippen MR) is 150 cm³/mol. The molecule has 0 aliphatic carbocycles. The largest absolute Gasteiger partial charge is 0.352 e. The van der Waals surface area contributed by atoms with E-state index in [1.54, 1.807) is 12.4 Å². The summed E-state index contributed by atoms with van der Waals surface area (Å²) in [5, 5.41) is 7.12. The maximum absolute atomic E-state index is 12.9. The Kier molecular flexibility index (Phi) is 7.01. The lowest BCUT2D eigenvalue weighted by Gasteiger charge is -2.28. The van der Waals surface area contributed by atoms with Gasteiger partial charge in [-0.25, -0.2) is 0 Å². The van der Waals surface area contributed by atoms with Crippen LogP contribution in [0.25, 0.3) is 5.69 Å². The summed E-state index contributed by atoms with van der Waals surface area (Å²) in [6.45, 7) is 6.71. The summed E-state index contributed by atoms with van der Waals surface area (Å²) in [5.74, 6) is -0.0470. The smallest absolute Gasteiger partial charge is 0.226 e. The number of anilines is 1. The summed E-state index contributed by atoms with van der Waals surface area (Å²) in [6.07, 6.45) is 5.75. The molecule has 0 bridgehead atoms. The number of pyridine rings is 2. The molecular formula is C29H30N6OS. The number of hydrogen-bond donors (Lipinski definition) is 2. The molecule has 2 atom stereocenters. The highest BCUT2D eigenvalue weighted by molar-refractivity contribution is 7.80. The molecule has 3 aromatic heterocycles. The normalized spacial score (nSPS) is 17.1. The first-order chi connectivity index (χ1) is 17.9. The maximum Gasteiger partial charge on any atom is 0.226 e. The van der Waals surface area contributed by atoms with Gasteiger partial charge in [-0.1, -0.05) is 18.2 Å². The van der Waals surface area contributed by atoms with Gasteiger partial charge >= 0.3 is 0 Å². The number of amides is 1. The number of carbonyl (C=O) groups is 1. The summed E-state index contributed by atoms with van der Waals surface area (Å²) in [4.78, 5) is 23.9. The third-order valence-electron chi connectivity index (χ3n) is 6.77. The summed E-state index contributed by atoms with van der Waals surface area (Å²) in [6, 6.07) is 19.7. The minimum Gasteiger partial charge on any atom is -0.352 e. The molecule has 0 unspecified atom stereocenters. The van der Waals surface area contributed by atoms with Crippen LogP contribution in [0.15, 0.2) is 79.3 Å². The zero-order valence-electron chi connectivity index (χ0n) is 21.2. The molecule has 1 aliphatic heterocycles. The van der Waals surface area contributed by atoms with Gasteiger partial charge in [0.1, 0.15) is 0 Å². The number of nitrogens with zero attached hydrogens (tertiary/aromatic N) is 4. The fourth-order valence-electron chi connectivity index (χ4n) is 5.12. The van der Waals surface area contributed by atoms with Crippen molar-refractivity contribution in [3.05, 3.63) is 107 Å². The van der Waals surface area contributed by atoms with E-state index in [0.29, 0.717) is 18.1 Å². The van der Waals surface area contributed by atoms with Crippen LogP contribution >= 0.6 is 12.2 Å². The van der Waals surface area contributed by atoms with E-state index in [0.717, 1.165) is 39.6 Å². The molecule has 0 radical (unpaired) electrons. The molecule has 1 aromatic carbocycles. The zero-order valence-corrected chi connectivity index (χ0v) is 22.0. The van der Waals surface area contributed by atoms with Gasteiger partial charge < -0.3 is 20.1 Å². The number of hydrogen-bond acceptors (Lipinski definition) is 4. The number of aromatic nitrogens is 3. The van der Waals surface area contributed by atoms with Gasteiger partial charge in [0.05, 0.1) is 29.7 Å². The minimum absolute atomic E-state index is 0.0470. The molecule has 1 fully saturated rings. The van der Waals surface area contributed by atoms with E-state index in [2.05, 4.69) is 56.0 Å². The summed E-state index contributed by atoms with van der Waals surface area (Å²) >= 11 is 5.81. The van der Waals surface area contributed by atoms with Crippen molar-refractivity contribution in [3.63, 3.8) is 0 Å². The van der Waals surface area contributed by atoms with Gasteiger partial charge in [0, 0.05) is 42.4 Å². The lowest BCUT2D eigenvalue weighted by atomic mass is 9.96. The Balaban J connectivity index is 1.46. The third-order valence-corrected chi connectivity index (χ3v) is 7.12. The van der Waals surface area contributed by atoms with E-state index >= 15 is 0 Å². The van der Waals surface area contributed by atoms with Gasteiger partial charge in [0.2, 0.25) is 5.91 Å². The van der Waals surface area contributed by atoms with Crippen LogP contribution in [0.3, 0.4) is 0 Å². The second-order valence-corrected chi connectivity index (χ2v) is 9.75. The van der Waals surface area contributed by atoms with Crippen LogP contribution in [-0.2, 0) is 4.79 Å². The molecule has 1 amide bonds. The van der Waals surface area contributed by atoms with Crippen molar-refractivity contribution in [1.29, 1.82) is 0 Å². The number of nitrogens with one attached hydrogen (secondary N) is 2. The second kappa shape index (κ2) is 10.5. The topological polar surface area (TPSA) is 75.1 Å². The number of rotatable bonds is 7. The Morgan fingerprint density at radius 1 is 1.05 bits per heavy atom. The second-order valence-electron chi connectivity index (χ2n) is 9.36. The van der Waals surface area contributed by atoms with Crippen LogP contribution in [0.1, 0.15) is 46.7 Å². The van der Waals surface area contributed by atoms with Crippen LogP contribution < -0.4 is 10.6 Å². The zero-order chi connectivity index (χ0) is 25.9. The highest BCUT2D eigenvalue weighted by Gasteiger charge is 2.41. The van der Waals surface area contributed by atoms with Crippen LogP contribution in [0.2, 0.25) is 0 Å². The standard InChI is InChI=1S/C29H30N6OS/c1-19-8-6-9-22(16-19)32-26(36)12-15-34-28(27(33-29(34)37)25-11-4-5-14-31-25)24-17-20(2)35(21(24)3)23-10-7-13-30-18-23/h4-11,13-14,16-18,27-28H,12,15H2,1-3H3,(H,32,36)(H,33,37)/t27-,28+/m0/s1. The highest BCUT2D eigenvalue weighted by Crippen LogP contribution is 2.41. The fraction of sp³-hybridized carbons (Fsp3) is 0.241. The molecule has 4 aromatic rings. The van der Waals surface area contributed by atoms with Crippen LogP contribution in [0.5, 0.6) is 0 Å². The van der Waals surface area contributed by atoms with Crippen LogP contribution in [0, 0.1) is 20.8 Å². The van der Waals surface area contributed by atoms with Crippen molar-refractivity contribution in [3.8, 4) is 5.69 Å². The molecular weight excluding hydrogens is 480 g/mol. The monoisotopic (exact) mass is 510 g/mol. The SMILES string of the molecule is Cc1cccc(NC(=O)CCN2C(=S)N[C@@H](c3ccccn3)[C@H]2c2cc(C)n(-c3cccnc3)c2C)c1. The van der Waals surface area contributed by atoms with Crippen molar-refractivity contribution in [2.24, 2.45) is 0 Å². The molecule has 188 valence electrons. The first-order valence-corrected chi connectivity index (χ1v) is 12.8. The van der Waals surface area contributed by atoms with Crippen molar-refractivity contribution in [1.82, 2.24) is 24.8 Å². The third kappa shape index (κ3) is 5.11. The molecule has 4 heterocycles. The van der Waals surface area contributed by atoms with E-state index < -0.39 is 0 Å².